The van der Waals surface area contributed by atoms with E-state index in [-0.39, 0.29) is 0 Å². The summed E-state index contributed by atoms with van der Waals surface area (Å²) >= 11 is 2.10. The highest BCUT2D eigenvalue weighted by Gasteiger charge is 2.14. The molecule has 0 aromatic rings. The van der Waals surface area contributed by atoms with E-state index in [1.165, 1.54) is 50.0 Å². The van der Waals surface area contributed by atoms with Gasteiger partial charge in [0, 0.05) is 11.8 Å². The number of hydrogen-bond acceptors (Lipinski definition) is 2. The molecule has 0 aromatic carbocycles. The van der Waals surface area contributed by atoms with Crippen LogP contribution in [0.4, 0.5) is 0 Å². The molecule has 1 N–H and O–H groups in total. The Bertz CT molecular complexity index is 201. The first-order chi connectivity index (χ1) is 7.88. The van der Waals surface area contributed by atoms with Crippen molar-refractivity contribution in [2.45, 2.75) is 58.4 Å². The Labute approximate surface area is 105 Å². The Morgan fingerprint density at radius 1 is 1.31 bits per heavy atom. The fraction of sp³-hybridized carbons (Fsp3) is 0.857. The molecule has 0 aliphatic heterocycles. The zero-order valence-electron chi connectivity index (χ0n) is 10.9. The summed E-state index contributed by atoms with van der Waals surface area (Å²) in [5.74, 6) is 2.56. The average molecular weight is 241 g/mol. The number of likely N-dealkylation sites (N-methyl/N-ethyl adjacent to an activating group) is 1. The van der Waals surface area contributed by atoms with Crippen molar-refractivity contribution in [2.24, 2.45) is 0 Å². The smallest absolute Gasteiger partial charge is 0.0370 e. The van der Waals surface area contributed by atoms with Crippen LogP contribution in [0.25, 0.3) is 0 Å². The van der Waals surface area contributed by atoms with Crippen molar-refractivity contribution in [1.82, 2.24) is 5.32 Å². The lowest BCUT2D eigenvalue weighted by Gasteiger charge is -2.20. The third kappa shape index (κ3) is 5.40. The summed E-state index contributed by atoms with van der Waals surface area (Å²) in [4.78, 5) is 0. The predicted molar refractivity (Wildman–Crippen MR) is 76.2 cm³/mol. The minimum Gasteiger partial charge on any atom is -0.310 e. The lowest BCUT2D eigenvalue weighted by molar-refractivity contribution is 0.608. The summed E-state index contributed by atoms with van der Waals surface area (Å²) in [5, 5.41) is 3.65. The summed E-state index contributed by atoms with van der Waals surface area (Å²) in [7, 11) is 0. The molecule has 0 heterocycles. The van der Waals surface area contributed by atoms with Crippen LogP contribution in [0.2, 0.25) is 0 Å². The van der Waals surface area contributed by atoms with Crippen LogP contribution in [0.3, 0.4) is 0 Å². The monoisotopic (exact) mass is 241 g/mol. The number of thioether (sulfide) groups is 1. The molecule has 94 valence electrons. The molecule has 0 bridgehead atoms. The van der Waals surface area contributed by atoms with Crippen molar-refractivity contribution in [3.05, 3.63) is 11.6 Å². The van der Waals surface area contributed by atoms with Crippen LogP contribution in [0, 0.1) is 0 Å². The number of nitrogens with one attached hydrogen (secondary N) is 1. The lowest BCUT2D eigenvalue weighted by atomic mass is 10.0. The van der Waals surface area contributed by atoms with Crippen molar-refractivity contribution in [3.8, 4) is 0 Å². The van der Waals surface area contributed by atoms with Crippen LogP contribution in [0.1, 0.15) is 52.4 Å². The number of rotatable bonds is 7. The second kappa shape index (κ2) is 9.12. The van der Waals surface area contributed by atoms with E-state index in [4.69, 9.17) is 0 Å². The van der Waals surface area contributed by atoms with Gasteiger partial charge in [-0.15, -0.1) is 0 Å². The fourth-order valence-corrected chi connectivity index (χ4v) is 3.27. The van der Waals surface area contributed by atoms with Crippen LogP contribution < -0.4 is 5.32 Å². The van der Waals surface area contributed by atoms with Gasteiger partial charge >= 0.3 is 0 Å². The van der Waals surface area contributed by atoms with E-state index in [0.717, 1.165) is 6.54 Å². The molecule has 0 aromatic heterocycles. The summed E-state index contributed by atoms with van der Waals surface area (Å²) in [6, 6.07) is 0.639. The maximum absolute atomic E-state index is 3.65. The van der Waals surface area contributed by atoms with Gasteiger partial charge in [0.2, 0.25) is 0 Å². The van der Waals surface area contributed by atoms with Gasteiger partial charge in [-0.25, -0.2) is 0 Å². The molecule has 1 atom stereocenters. The average Bonchev–Trinajstić information content (AvgIpc) is 2.57. The quantitative estimate of drug-likeness (QED) is 0.534. The van der Waals surface area contributed by atoms with Gasteiger partial charge in [0.15, 0.2) is 0 Å². The topological polar surface area (TPSA) is 12.0 Å². The highest BCUT2D eigenvalue weighted by molar-refractivity contribution is 7.99. The van der Waals surface area contributed by atoms with Crippen LogP contribution in [-0.4, -0.2) is 24.1 Å². The fourth-order valence-electron chi connectivity index (χ4n) is 2.25. The Morgan fingerprint density at radius 3 is 2.94 bits per heavy atom. The van der Waals surface area contributed by atoms with Gasteiger partial charge in [-0.3, -0.25) is 0 Å². The van der Waals surface area contributed by atoms with E-state index in [2.05, 4.69) is 37.0 Å². The van der Waals surface area contributed by atoms with Crippen molar-refractivity contribution in [2.75, 3.05) is 18.1 Å². The molecule has 16 heavy (non-hydrogen) atoms. The van der Waals surface area contributed by atoms with Gasteiger partial charge in [0.05, 0.1) is 0 Å². The maximum Gasteiger partial charge on any atom is 0.0370 e. The van der Waals surface area contributed by atoms with Gasteiger partial charge in [0.25, 0.3) is 0 Å². The predicted octanol–water partition coefficient (Wildman–Crippen LogP) is 4.00. The van der Waals surface area contributed by atoms with Gasteiger partial charge in [-0.05, 0) is 44.4 Å². The Kier molecular flexibility index (Phi) is 8.04. The maximum atomic E-state index is 3.65. The molecule has 1 aliphatic carbocycles. The second-order valence-electron chi connectivity index (χ2n) is 4.56. The normalized spacial score (nSPS) is 19.0. The van der Waals surface area contributed by atoms with E-state index in [9.17, 15) is 0 Å². The SMILES string of the molecule is CCCSCC(NCC)C1=CCCCCC1. The van der Waals surface area contributed by atoms with Gasteiger partial charge in [-0.2, -0.15) is 11.8 Å². The molecule has 0 fully saturated rings. The molecular weight excluding hydrogens is 214 g/mol. The minimum absolute atomic E-state index is 0.639. The second-order valence-corrected chi connectivity index (χ2v) is 5.71. The molecule has 0 amide bonds. The summed E-state index contributed by atoms with van der Waals surface area (Å²) in [6.07, 6.45) is 10.6. The molecule has 1 aliphatic rings. The van der Waals surface area contributed by atoms with E-state index in [0.29, 0.717) is 6.04 Å². The van der Waals surface area contributed by atoms with Gasteiger partial charge in [0.1, 0.15) is 0 Å². The molecule has 1 nitrogen and oxygen atoms in total. The van der Waals surface area contributed by atoms with Gasteiger partial charge in [-0.1, -0.05) is 31.9 Å². The molecule has 2 heteroatoms. The molecule has 0 radical (unpaired) electrons. The van der Waals surface area contributed by atoms with Crippen LogP contribution in [0.5, 0.6) is 0 Å². The van der Waals surface area contributed by atoms with E-state index >= 15 is 0 Å². The first-order valence-corrected chi connectivity index (χ1v) is 8.04. The third-order valence-corrected chi connectivity index (χ3v) is 4.37. The minimum atomic E-state index is 0.639. The number of hydrogen-bond donors (Lipinski definition) is 1. The summed E-state index contributed by atoms with van der Waals surface area (Å²) in [6.45, 7) is 5.57. The standard InChI is InChI=1S/C14H27NS/c1-3-11-16-12-14(15-4-2)13-9-7-5-6-8-10-13/h9,14-15H,3-8,10-12H2,1-2H3. The van der Waals surface area contributed by atoms with E-state index < -0.39 is 0 Å². The van der Waals surface area contributed by atoms with Crippen LogP contribution in [0.15, 0.2) is 11.6 Å². The van der Waals surface area contributed by atoms with Crippen LogP contribution >= 0.6 is 11.8 Å². The van der Waals surface area contributed by atoms with Crippen molar-refractivity contribution < 1.29 is 0 Å². The molecule has 0 saturated carbocycles. The van der Waals surface area contributed by atoms with Crippen LogP contribution in [-0.2, 0) is 0 Å². The highest BCUT2D eigenvalue weighted by Crippen LogP contribution is 2.22. The summed E-state index contributed by atoms with van der Waals surface area (Å²) in [5.41, 5.74) is 1.68. The summed E-state index contributed by atoms with van der Waals surface area (Å²) < 4.78 is 0. The zero-order valence-corrected chi connectivity index (χ0v) is 11.7. The largest absolute Gasteiger partial charge is 0.310 e. The highest BCUT2D eigenvalue weighted by atomic mass is 32.2. The van der Waals surface area contributed by atoms with Crippen molar-refractivity contribution >= 4 is 11.8 Å². The Balaban J connectivity index is 2.42. The molecule has 1 unspecified atom stereocenters. The number of allylic oxidation sites excluding steroid dienone is 1. The Hall–Kier alpha value is 0.0500. The van der Waals surface area contributed by atoms with Crippen molar-refractivity contribution in [3.63, 3.8) is 0 Å². The van der Waals surface area contributed by atoms with Crippen molar-refractivity contribution in [1.29, 1.82) is 0 Å². The molecule has 1 rings (SSSR count). The van der Waals surface area contributed by atoms with E-state index in [1.54, 1.807) is 5.57 Å². The molecule has 0 saturated heterocycles. The first-order valence-electron chi connectivity index (χ1n) is 6.88. The van der Waals surface area contributed by atoms with Gasteiger partial charge < -0.3 is 5.32 Å². The Morgan fingerprint density at radius 2 is 2.19 bits per heavy atom. The lowest BCUT2D eigenvalue weighted by Crippen LogP contribution is -2.33. The molecule has 0 spiro atoms. The molecular formula is C14H27NS. The first kappa shape index (κ1) is 14.1. The zero-order chi connectivity index (χ0) is 11.6. The third-order valence-electron chi connectivity index (χ3n) is 3.11. The van der Waals surface area contributed by atoms with E-state index in [1.807, 2.05) is 0 Å².